The Bertz CT molecular complexity index is 502. The number of hydrogen-bond donors (Lipinski definition) is 1. The summed E-state index contributed by atoms with van der Waals surface area (Å²) in [5, 5.41) is 0. The Morgan fingerprint density at radius 1 is 1.33 bits per heavy atom. The molecular formula is C17H26N2O2. The third kappa shape index (κ3) is 3.38. The van der Waals surface area contributed by atoms with Gasteiger partial charge in [0.05, 0.1) is 5.69 Å². The van der Waals surface area contributed by atoms with Crippen molar-refractivity contribution in [3.8, 4) is 5.75 Å². The van der Waals surface area contributed by atoms with Crippen LogP contribution in [0.5, 0.6) is 5.75 Å². The molecule has 2 unspecified atom stereocenters. The Morgan fingerprint density at radius 2 is 2.10 bits per heavy atom. The van der Waals surface area contributed by atoms with Crippen LogP contribution in [0.25, 0.3) is 0 Å². The summed E-state index contributed by atoms with van der Waals surface area (Å²) in [5.74, 6) is 0.811. The van der Waals surface area contributed by atoms with E-state index in [1.807, 2.05) is 23.1 Å². The molecule has 0 bridgehead atoms. The lowest BCUT2D eigenvalue weighted by Gasteiger charge is -2.33. The van der Waals surface area contributed by atoms with Gasteiger partial charge in [0.1, 0.15) is 5.75 Å². The van der Waals surface area contributed by atoms with E-state index in [9.17, 15) is 4.79 Å². The van der Waals surface area contributed by atoms with E-state index in [1.54, 1.807) is 6.92 Å². The van der Waals surface area contributed by atoms with E-state index >= 15 is 0 Å². The fraction of sp³-hybridized carbons (Fsp3) is 0.588. The number of hydrogen-bond acceptors (Lipinski definition) is 3. The van der Waals surface area contributed by atoms with Gasteiger partial charge >= 0.3 is 0 Å². The fourth-order valence-electron chi connectivity index (χ4n) is 2.70. The van der Waals surface area contributed by atoms with Gasteiger partial charge < -0.3 is 15.4 Å². The zero-order chi connectivity index (χ0) is 15.4. The van der Waals surface area contributed by atoms with Crippen LogP contribution in [0.2, 0.25) is 0 Å². The maximum atomic E-state index is 12.3. The normalized spacial score (nSPS) is 19.1. The summed E-state index contributed by atoms with van der Waals surface area (Å²) >= 11 is 0. The van der Waals surface area contributed by atoms with E-state index in [1.165, 1.54) is 0 Å². The number of rotatable bonds is 6. The minimum Gasteiger partial charge on any atom is -0.479 e. The summed E-state index contributed by atoms with van der Waals surface area (Å²) in [6, 6.07) is 6.01. The summed E-state index contributed by atoms with van der Waals surface area (Å²) in [7, 11) is 0. The SMILES string of the molecule is CCCCC(N)c1ccc2c(c1)N(CCC)C(=O)C(C)O2. The lowest BCUT2D eigenvalue weighted by atomic mass is 10.00. The van der Waals surface area contributed by atoms with Crippen molar-refractivity contribution >= 4 is 11.6 Å². The van der Waals surface area contributed by atoms with Crippen LogP contribution in [0.15, 0.2) is 18.2 Å². The molecule has 2 atom stereocenters. The molecule has 116 valence electrons. The first-order valence-corrected chi connectivity index (χ1v) is 7.96. The molecule has 21 heavy (non-hydrogen) atoms. The van der Waals surface area contributed by atoms with Gasteiger partial charge in [-0.3, -0.25) is 4.79 Å². The van der Waals surface area contributed by atoms with Crippen molar-refractivity contribution in [2.24, 2.45) is 5.73 Å². The van der Waals surface area contributed by atoms with E-state index < -0.39 is 6.10 Å². The Kier molecular flexibility index (Phi) is 5.23. The minimum absolute atomic E-state index is 0.0215. The van der Waals surface area contributed by atoms with E-state index in [4.69, 9.17) is 10.5 Å². The lowest BCUT2D eigenvalue weighted by Crippen LogP contribution is -2.44. The molecule has 2 N–H and O–H groups in total. The number of amides is 1. The Hall–Kier alpha value is -1.55. The monoisotopic (exact) mass is 290 g/mol. The third-order valence-electron chi connectivity index (χ3n) is 3.94. The van der Waals surface area contributed by atoms with Crippen LogP contribution in [-0.4, -0.2) is 18.6 Å². The van der Waals surface area contributed by atoms with Crippen LogP contribution in [0, 0.1) is 0 Å². The number of benzene rings is 1. The fourth-order valence-corrected chi connectivity index (χ4v) is 2.70. The molecule has 0 radical (unpaired) electrons. The van der Waals surface area contributed by atoms with Gasteiger partial charge in [0.15, 0.2) is 6.10 Å². The topological polar surface area (TPSA) is 55.6 Å². The molecule has 1 aliphatic rings. The van der Waals surface area contributed by atoms with Crippen molar-refractivity contribution < 1.29 is 9.53 Å². The Morgan fingerprint density at radius 3 is 2.76 bits per heavy atom. The second-order valence-electron chi connectivity index (χ2n) is 5.73. The molecule has 1 heterocycles. The van der Waals surface area contributed by atoms with Crippen LogP contribution in [-0.2, 0) is 4.79 Å². The molecule has 0 saturated heterocycles. The summed E-state index contributed by atoms with van der Waals surface area (Å²) in [6.45, 7) is 6.75. The first-order chi connectivity index (χ1) is 10.1. The first kappa shape index (κ1) is 15.8. The number of carbonyl (C=O) groups excluding carboxylic acids is 1. The number of unbranched alkanes of at least 4 members (excludes halogenated alkanes) is 1. The third-order valence-corrected chi connectivity index (χ3v) is 3.94. The van der Waals surface area contributed by atoms with Crippen LogP contribution in [0.3, 0.4) is 0 Å². The number of fused-ring (bicyclic) bond motifs is 1. The van der Waals surface area contributed by atoms with E-state index in [0.717, 1.165) is 42.7 Å². The molecule has 4 nitrogen and oxygen atoms in total. The highest BCUT2D eigenvalue weighted by atomic mass is 16.5. The molecule has 0 fully saturated rings. The smallest absolute Gasteiger partial charge is 0.267 e. The van der Waals surface area contributed by atoms with Crippen molar-refractivity contribution in [2.45, 2.75) is 58.6 Å². The van der Waals surface area contributed by atoms with Gasteiger partial charge in [-0.25, -0.2) is 0 Å². The summed E-state index contributed by atoms with van der Waals surface area (Å²) in [5.41, 5.74) is 8.19. The summed E-state index contributed by atoms with van der Waals surface area (Å²) in [6.07, 6.45) is 3.73. The molecule has 0 aromatic heterocycles. The predicted octanol–water partition coefficient (Wildman–Crippen LogP) is 3.40. The van der Waals surface area contributed by atoms with E-state index in [-0.39, 0.29) is 11.9 Å². The maximum Gasteiger partial charge on any atom is 0.267 e. The van der Waals surface area contributed by atoms with Crippen LogP contribution in [0.4, 0.5) is 5.69 Å². The largest absolute Gasteiger partial charge is 0.479 e. The van der Waals surface area contributed by atoms with Crippen molar-refractivity contribution in [3.05, 3.63) is 23.8 Å². The van der Waals surface area contributed by atoms with Gasteiger partial charge in [0, 0.05) is 12.6 Å². The standard InChI is InChI=1S/C17H26N2O2/c1-4-6-7-14(18)13-8-9-16-15(11-13)19(10-5-2)17(20)12(3)21-16/h8-9,11-12,14H,4-7,10,18H2,1-3H3. The van der Waals surface area contributed by atoms with Gasteiger partial charge in [0.2, 0.25) is 0 Å². The average Bonchev–Trinajstić information content (AvgIpc) is 2.49. The quantitative estimate of drug-likeness (QED) is 0.873. The number of nitrogens with two attached hydrogens (primary N) is 1. The molecule has 0 saturated carbocycles. The molecule has 1 amide bonds. The highest BCUT2D eigenvalue weighted by Crippen LogP contribution is 2.36. The van der Waals surface area contributed by atoms with Gasteiger partial charge in [-0.15, -0.1) is 0 Å². The van der Waals surface area contributed by atoms with Gasteiger partial charge in [-0.1, -0.05) is 32.8 Å². The van der Waals surface area contributed by atoms with Crippen LogP contribution < -0.4 is 15.4 Å². The van der Waals surface area contributed by atoms with Gasteiger partial charge in [-0.05, 0) is 37.5 Å². The summed E-state index contributed by atoms with van der Waals surface area (Å²) in [4.78, 5) is 14.1. The van der Waals surface area contributed by atoms with Crippen molar-refractivity contribution in [3.63, 3.8) is 0 Å². The second kappa shape index (κ2) is 6.94. The average molecular weight is 290 g/mol. The van der Waals surface area contributed by atoms with Crippen molar-refractivity contribution in [2.75, 3.05) is 11.4 Å². The molecule has 0 aliphatic carbocycles. The molecule has 2 rings (SSSR count). The number of anilines is 1. The summed E-state index contributed by atoms with van der Waals surface area (Å²) < 4.78 is 5.70. The first-order valence-electron chi connectivity index (χ1n) is 7.96. The van der Waals surface area contributed by atoms with E-state index in [2.05, 4.69) is 13.8 Å². The predicted molar refractivity (Wildman–Crippen MR) is 85.6 cm³/mol. The van der Waals surface area contributed by atoms with E-state index in [0.29, 0.717) is 6.54 Å². The molecule has 4 heteroatoms. The second-order valence-corrected chi connectivity index (χ2v) is 5.73. The van der Waals surface area contributed by atoms with Crippen LogP contribution >= 0.6 is 0 Å². The Labute approximate surface area is 127 Å². The van der Waals surface area contributed by atoms with Crippen molar-refractivity contribution in [1.82, 2.24) is 0 Å². The van der Waals surface area contributed by atoms with Crippen molar-refractivity contribution in [1.29, 1.82) is 0 Å². The molecule has 1 aliphatic heterocycles. The molecule has 1 aromatic carbocycles. The zero-order valence-electron chi connectivity index (χ0n) is 13.3. The zero-order valence-corrected chi connectivity index (χ0v) is 13.3. The molecular weight excluding hydrogens is 264 g/mol. The highest BCUT2D eigenvalue weighted by Gasteiger charge is 2.31. The highest BCUT2D eigenvalue weighted by molar-refractivity contribution is 5.99. The number of ether oxygens (including phenoxy) is 1. The number of carbonyl (C=O) groups is 1. The Balaban J connectivity index is 2.30. The number of nitrogens with zero attached hydrogens (tertiary/aromatic N) is 1. The molecule has 0 spiro atoms. The van der Waals surface area contributed by atoms with Gasteiger partial charge in [0.25, 0.3) is 5.91 Å². The van der Waals surface area contributed by atoms with Crippen LogP contribution in [0.1, 0.15) is 58.1 Å². The lowest BCUT2D eigenvalue weighted by molar-refractivity contribution is -0.125. The minimum atomic E-state index is -0.413. The van der Waals surface area contributed by atoms with Gasteiger partial charge in [-0.2, -0.15) is 0 Å². The maximum absolute atomic E-state index is 12.3. The molecule has 1 aromatic rings.